The number of aliphatic hydroxyl groups is 1. The van der Waals surface area contributed by atoms with Crippen LogP contribution in [0.5, 0.6) is 0 Å². The van der Waals surface area contributed by atoms with Crippen molar-refractivity contribution in [3.63, 3.8) is 0 Å². The van der Waals surface area contributed by atoms with Gasteiger partial charge in [-0.1, -0.05) is 19.0 Å². The molecule has 1 heterocycles. The van der Waals surface area contributed by atoms with Crippen molar-refractivity contribution in [3.05, 3.63) is 18.0 Å². The van der Waals surface area contributed by atoms with Gasteiger partial charge in [-0.2, -0.15) is 0 Å². The fraction of sp³-hybridized carbons (Fsp3) is 0.571. The lowest BCUT2D eigenvalue weighted by Gasteiger charge is -2.17. The average Bonchev–Trinajstić information content (AvgIpc) is 2.38. The zero-order valence-electron chi connectivity index (χ0n) is 6.09. The summed E-state index contributed by atoms with van der Waals surface area (Å²) in [5.74, 6) is 0. The van der Waals surface area contributed by atoms with Crippen LogP contribution in [0.4, 0.5) is 0 Å². The van der Waals surface area contributed by atoms with E-state index in [-0.39, 0.29) is 12.0 Å². The predicted molar refractivity (Wildman–Crippen MR) is 35.5 cm³/mol. The first-order valence-electron chi connectivity index (χ1n) is 3.10. The number of hydrogen-bond donors (Lipinski definition) is 1. The van der Waals surface area contributed by atoms with Crippen molar-refractivity contribution in [2.24, 2.45) is 0 Å². The molecule has 0 unspecified atom stereocenters. The molecule has 0 bridgehead atoms. The molecule has 1 aromatic rings. The summed E-state index contributed by atoms with van der Waals surface area (Å²) in [5.41, 5.74) is 0.509. The number of aromatic nitrogens is 1. The highest BCUT2D eigenvalue weighted by Crippen LogP contribution is 2.20. The van der Waals surface area contributed by atoms with E-state index in [1.807, 2.05) is 13.8 Å². The van der Waals surface area contributed by atoms with Crippen LogP contribution in [0, 0.1) is 6.20 Å². The topological polar surface area (TPSA) is 46.3 Å². The molecular weight excluding hydrogens is 130 g/mol. The average molecular weight is 140 g/mol. The second kappa shape index (κ2) is 2.42. The minimum atomic E-state index is -0.292. The van der Waals surface area contributed by atoms with E-state index in [0.717, 1.165) is 5.56 Å². The van der Waals surface area contributed by atoms with Gasteiger partial charge in [-0.3, -0.25) is 0 Å². The van der Waals surface area contributed by atoms with Crippen LogP contribution in [0.2, 0.25) is 0 Å². The number of nitrogens with zero attached hydrogens (tertiary/aromatic N) is 1. The predicted octanol–water partition coefficient (Wildman–Crippen LogP) is 0.745. The third-order valence-corrected chi connectivity index (χ3v) is 1.51. The third-order valence-electron chi connectivity index (χ3n) is 1.51. The first-order chi connectivity index (χ1) is 4.67. The van der Waals surface area contributed by atoms with Gasteiger partial charge >= 0.3 is 0 Å². The van der Waals surface area contributed by atoms with E-state index in [2.05, 4.69) is 15.9 Å². The summed E-state index contributed by atoms with van der Waals surface area (Å²) in [6, 6.07) is 0. The summed E-state index contributed by atoms with van der Waals surface area (Å²) in [6.45, 7) is 3.87. The Hall–Kier alpha value is -0.830. The van der Waals surface area contributed by atoms with Gasteiger partial charge < -0.3 is 9.63 Å². The van der Waals surface area contributed by atoms with E-state index < -0.39 is 0 Å². The van der Waals surface area contributed by atoms with Crippen LogP contribution >= 0.6 is 0 Å². The molecule has 0 atom stereocenters. The van der Waals surface area contributed by atoms with Crippen molar-refractivity contribution < 1.29 is 9.63 Å². The lowest BCUT2D eigenvalue weighted by atomic mass is 9.88. The second-order valence-electron chi connectivity index (χ2n) is 2.88. The molecule has 0 amide bonds. The Bertz CT molecular complexity index is 191. The van der Waals surface area contributed by atoms with E-state index in [9.17, 15) is 0 Å². The van der Waals surface area contributed by atoms with Gasteiger partial charge in [-0.05, 0) is 0 Å². The maximum absolute atomic E-state index is 8.88. The fourth-order valence-electron chi connectivity index (χ4n) is 0.577. The zero-order chi connectivity index (χ0) is 7.61. The SMILES string of the molecule is CC(C)(CO)c1[c]noc1. The van der Waals surface area contributed by atoms with Crippen molar-refractivity contribution in [2.45, 2.75) is 19.3 Å². The summed E-state index contributed by atoms with van der Waals surface area (Å²) in [6.07, 6.45) is 4.15. The molecular formula is C7H10NO2. The fourth-order valence-corrected chi connectivity index (χ4v) is 0.577. The summed E-state index contributed by atoms with van der Waals surface area (Å²) < 4.78 is 4.59. The highest BCUT2D eigenvalue weighted by molar-refractivity contribution is 5.13. The summed E-state index contributed by atoms with van der Waals surface area (Å²) in [5, 5.41) is 12.3. The first kappa shape index (κ1) is 7.28. The molecule has 10 heavy (non-hydrogen) atoms. The van der Waals surface area contributed by atoms with Gasteiger partial charge in [-0.25, -0.2) is 0 Å². The Kier molecular flexibility index (Phi) is 1.76. The van der Waals surface area contributed by atoms with Gasteiger partial charge in [0.15, 0.2) is 0 Å². The van der Waals surface area contributed by atoms with Crippen molar-refractivity contribution >= 4 is 0 Å². The van der Waals surface area contributed by atoms with Gasteiger partial charge in [0.25, 0.3) is 0 Å². The van der Waals surface area contributed by atoms with Gasteiger partial charge in [0.1, 0.15) is 12.5 Å². The largest absolute Gasteiger partial charge is 0.395 e. The lowest BCUT2D eigenvalue weighted by Crippen LogP contribution is -2.21. The smallest absolute Gasteiger partial charge is 0.139 e. The van der Waals surface area contributed by atoms with Crippen molar-refractivity contribution in [1.82, 2.24) is 5.16 Å². The van der Waals surface area contributed by atoms with E-state index in [1.165, 1.54) is 6.26 Å². The molecule has 1 radical (unpaired) electrons. The van der Waals surface area contributed by atoms with Crippen molar-refractivity contribution in [1.29, 1.82) is 0 Å². The lowest BCUT2D eigenvalue weighted by molar-refractivity contribution is 0.217. The minimum Gasteiger partial charge on any atom is -0.395 e. The van der Waals surface area contributed by atoms with Crippen LogP contribution in [-0.4, -0.2) is 16.9 Å². The van der Waals surface area contributed by atoms with E-state index >= 15 is 0 Å². The van der Waals surface area contributed by atoms with E-state index in [1.54, 1.807) is 0 Å². The number of hydrogen-bond acceptors (Lipinski definition) is 3. The van der Waals surface area contributed by atoms with E-state index in [0.29, 0.717) is 0 Å². The third kappa shape index (κ3) is 1.19. The van der Waals surface area contributed by atoms with Crippen LogP contribution in [0.1, 0.15) is 19.4 Å². The molecule has 3 nitrogen and oxygen atoms in total. The molecule has 0 aromatic carbocycles. The molecule has 0 aliphatic carbocycles. The maximum Gasteiger partial charge on any atom is 0.139 e. The van der Waals surface area contributed by atoms with Gasteiger partial charge in [0.2, 0.25) is 0 Å². The van der Waals surface area contributed by atoms with Crippen LogP contribution in [0.15, 0.2) is 10.8 Å². The molecule has 0 saturated heterocycles. The molecule has 3 heteroatoms. The molecule has 55 valence electrons. The quantitative estimate of drug-likeness (QED) is 0.659. The minimum absolute atomic E-state index is 0.0741. The Balaban J connectivity index is 2.85. The van der Waals surface area contributed by atoms with Crippen LogP contribution < -0.4 is 0 Å². The molecule has 1 N–H and O–H groups in total. The summed E-state index contributed by atoms with van der Waals surface area (Å²) in [7, 11) is 0. The van der Waals surface area contributed by atoms with Crippen molar-refractivity contribution in [3.8, 4) is 0 Å². The summed E-state index contributed by atoms with van der Waals surface area (Å²) in [4.78, 5) is 0. The molecule has 1 rings (SSSR count). The molecule has 0 fully saturated rings. The Morgan fingerprint density at radius 3 is 2.90 bits per heavy atom. The normalized spacial score (nSPS) is 11.9. The summed E-state index contributed by atoms with van der Waals surface area (Å²) >= 11 is 0. The molecule has 0 aliphatic rings. The van der Waals surface area contributed by atoms with Crippen LogP contribution in [0.3, 0.4) is 0 Å². The Morgan fingerprint density at radius 2 is 2.50 bits per heavy atom. The van der Waals surface area contributed by atoms with Gasteiger partial charge in [-0.15, -0.1) is 0 Å². The Morgan fingerprint density at radius 1 is 1.80 bits per heavy atom. The van der Waals surface area contributed by atoms with Crippen molar-refractivity contribution in [2.75, 3.05) is 6.61 Å². The Labute approximate surface area is 59.7 Å². The zero-order valence-corrected chi connectivity index (χ0v) is 6.09. The highest BCUT2D eigenvalue weighted by Gasteiger charge is 2.21. The number of rotatable bonds is 2. The first-order valence-corrected chi connectivity index (χ1v) is 3.10. The van der Waals surface area contributed by atoms with E-state index in [4.69, 9.17) is 5.11 Å². The number of aliphatic hydroxyl groups excluding tert-OH is 1. The molecule has 1 aromatic heterocycles. The van der Waals surface area contributed by atoms with Gasteiger partial charge in [0.05, 0.1) is 6.61 Å². The monoisotopic (exact) mass is 140 g/mol. The maximum atomic E-state index is 8.88. The highest BCUT2D eigenvalue weighted by atomic mass is 16.5. The standard InChI is InChI=1S/C7H10NO2/c1-7(2,5-9)6-3-8-10-4-6/h4,9H,5H2,1-2H3. The van der Waals surface area contributed by atoms with Gasteiger partial charge in [0, 0.05) is 11.0 Å². The van der Waals surface area contributed by atoms with Crippen LogP contribution in [-0.2, 0) is 5.41 Å². The molecule has 0 saturated carbocycles. The molecule has 0 spiro atoms. The second-order valence-corrected chi connectivity index (χ2v) is 2.88. The van der Waals surface area contributed by atoms with Crippen LogP contribution in [0.25, 0.3) is 0 Å². The molecule has 0 aliphatic heterocycles.